The Labute approximate surface area is 142 Å². The van der Waals surface area contributed by atoms with Crippen LogP contribution in [0.4, 0.5) is 11.4 Å². The van der Waals surface area contributed by atoms with Crippen molar-refractivity contribution < 1.29 is 0 Å². The van der Waals surface area contributed by atoms with E-state index < -0.39 is 0 Å². The van der Waals surface area contributed by atoms with E-state index in [-0.39, 0.29) is 3.55 Å². The minimum atomic E-state index is 0.122. The quantitative estimate of drug-likeness (QED) is 0.293. The topological polar surface area (TPSA) is 3.24 Å². The first-order valence-electron chi connectivity index (χ1n) is 7.80. The normalized spacial score (nSPS) is 13.7. The van der Waals surface area contributed by atoms with Crippen molar-refractivity contribution in [2.75, 3.05) is 4.90 Å². The van der Waals surface area contributed by atoms with Gasteiger partial charge >= 0.3 is 0 Å². The number of para-hydroxylation sites is 2. The lowest BCUT2D eigenvalue weighted by atomic mass is 10.0. The highest BCUT2D eigenvalue weighted by atomic mass is 127. The third kappa shape index (κ3) is 4.00. The molecule has 2 rings (SSSR count). The fourth-order valence-electron chi connectivity index (χ4n) is 2.66. The highest BCUT2D eigenvalue weighted by molar-refractivity contribution is 14.1. The zero-order valence-electron chi connectivity index (χ0n) is 12.9. The van der Waals surface area contributed by atoms with E-state index in [0.717, 1.165) is 6.42 Å². The standard InChI is InChI=1S/C19H24IN/c1-3-5-16-19(20,4-2)21(17-12-8-6-9-13-17)18-14-10-7-11-15-18/h6-15H,3-5,16H2,1-2H3. The van der Waals surface area contributed by atoms with Gasteiger partial charge in [0, 0.05) is 11.4 Å². The van der Waals surface area contributed by atoms with Gasteiger partial charge in [-0.05, 0) is 37.1 Å². The van der Waals surface area contributed by atoms with Crippen molar-refractivity contribution in [2.24, 2.45) is 0 Å². The summed E-state index contributed by atoms with van der Waals surface area (Å²) in [5.41, 5.74) is 2.55. The predicted molar refractivity (Wildman–Crippen MR) is 102 cm³/mol. The molecule has 0 radical (unpaired) electrons. The smallest absolute Gasteiger partial charge is 0.0963 e. The molecule has 112 valence electrons. The van der Waals surface area contributed by atoms with Crippen LogP contribution in [-0.4, -0.2) is 3.55 Å². The van der Waals surface area contributed by atoms with Gasteiger partial charge in [0.2, 0.25) is 0 Å². The second-order valence-electron chi connectivity index (χ2n) is 5.38. The van der Waals surface area contributed by atoms with E-state index in [0.29, 0.717) is 0 Å². The second kappa shape index (κ2) is 7.83. The molecule has 0 spiro atoms. The molecule has 0 aliphatic heterocycles. The van der Waals surface area contributed by atoms with Gasteiger partial charge in [0.15, 0.2) is 0 Å². The zero-order valence-corrected chi connectivity index (χ0v) is 15.1. The van der Waals surface area contributed by atoms with Crippen molar-refractivity contribution >= 4 is 34.0 Å². The number of unbranched alkanes of at least 4 members (excludes halogenated alkanes) is 1. The summed E-state index contributed by atoms with van der Waals surface area (Å²) in [5.74, 6) is 0. The molecule has 1 nitrogen and oxygen atoms in total. The van der Waals surface area contributed by atoms with Crippen LogP contribution in [-0.2, 0) is 0 Å². The average molecular weight is 393 g/mol. The molecular formula is C19H24IN. The van der Waals surface area contributed by atoms with E-state index >= 15 is 0 Å². The van der Waals surface area contributed by atoms with Gasteiger partial charge in [-0.1, -0.05) is 85.7 Å². The molecule has 1 atom stereocenters. The minimum Gasteiger partial charge on any atom is -0.326 e. The Morgan fingerprint density at radius 2 is 1.33 bits per heavy atom. The third-order valence-corrected chi connectivity index (χ3v) is 5.67. The molecule has 0 bridgehead atoms. The monoisotopic (exact) mass is 393 g/mol. The van der Waals surface area contributed by atoms with Gasteiger partial charge < -0.3 is 4.90 Å². The van der Waals surface area contributed by atoms with Crippen LogP contribution < -0.4 is 4.90 Å². The Kier molecular flexibility index (Phi) is 6.09. The fourth-order valence-corrected chi connectivity index (χ4v) is 3.60. The second-order valence-corrected chi connectivity index (χ2v) is 7.39. The summed E-state index contributed by atoms with van der Waals surface area (Å²) in [4.78, 5) is 2.50. The lowest BCUT2D eigenvalue weighted by Crippen LogP contribution is -2.40. The maximum absolute atomic E-state index is 2.66. The van der Waals surface area contributed by atoms with Crippen LogP contribution in [0.1, 0.15) is 39.5 Å². The number of rotatable bonds is 7. The molecule has 21 heavy (non-hydrogen) atoms. The molecule has 0 aromatic heterocycles. The van der Waals surface area contributed by atoms with Gasteiger partial charge in [-0.15, -0.1) is 0 Å². The largest absolute Gasteiger partial charge is 0.326 e. The summed E-state index contributed by atoms with van der Waals surface area (Å²) in [6.45, 7) is 4.56. The van der Waals surface area contributed by atoms with E-state index in [4.69, 9.17) is 0 Å². The van der Waals surface area contributed by atoms with Crippen LogP contribution in [0.25, 0.3) is 0 Å². The maximum atomic E-state index is 2.66. The Morgan fingerprint density at radius 3 is 1.71 bits per heavy atom. The number of halogens is 1. The van der Waals surface area contributed by atoms with Crippen molar-refractivity contribution in [3.63, 3.8) is 0 Å². The summed E-state index contributed by atoms with van der Waals surface area (Å²) in [6.07, 6.45) is 4.82. The first kappa shape index (κ1) is 16.3. The SMILES string of the molecule is CCCCC(I)(CC)N(c1ccccc1)c1ccccc1. The van der Waals surface area contributed by atoms with Crippen molar-refractivity contribution in [3.05, 3.63) is 60.7 Å². The van der Waals surface area contributed by atoms with Crippen LogP contribution in [0.3, 0.4) is 0 Å². The molecule has 0 saturated heterocycles. The van der Waals surface area contributed by atoms with Crippen LogP contribution in [0.2, 0.25) is 0 Å². The molecule has 0 heterocycles. The summed E-state index contributed by atoms with van der Waals surface area (Å²) >= 11 is 2.66. The highest BCUT2D eigenvalue weighted by Crippen LogP contribution is 2.42. The van der Waals surface area contributed by atoms with E-state index in [2.05, 4.69) is 102 Å². The molecule has 2 heteroatoms. The van der Waals surface area contributed by atoms with E-state index in [1.807, 2.05) is 0 Å². The first-order chi connectivity index (χ1) is 10.2. The number of hydrogen-bond acceptors (Lipinski definition) is 1. The molecular weight excluding hydrogens is 369 g/mol. The highest BCUT2D eigenvalue weighted by Gasteiger charge is 2.32. The fraction of sp³-hybridized carbons (Fsp3) is 0.368. The number of nitrogens with zero attached hydrogens (tertiary/aromatic N) is 1. The Bertz CT molecular complexity index is 486. The van der Waals surface area contributed by atoms with Crippen molar-refractivity contribution in [3.8, 4) is 0 Å². The molecule has 2 aromatic carbocycles. The molecule has 0 aliphatic carbocycles. The van der Waals surface area contributed by atoms with Gasteiger partial charge in [0.05, 0.1) is 3.55 Å². The van der Waals surface area contributed by atoms with Gasteiger partial charge in [-0.2, -0.15) is 0 Å². The van der Waals surface area contributed by atoms with Crippen LogP contribution in [0.5, 0.6) is 0 Å². The van der Waals surface area contributed by atoms with Gasteiger partial charge in [-0.25, -0.2) is 0 Å². The Morgan fingerprint density at radius 1 is 0.857 bits per heavy atom. The molecule has 2 aromatic rings. The molecule has 0 saturated carbocycles. The molecule has 0 N–H and O–H groups in total. The molecule has 0 amide bonds. The molecule has 0 aliphatic rings. The first-order valence-corrected chi connectivity index (χ1v) is 8.88. The van der Waals surface area contributed by atoms with Gasteiger partial charge in [-0.3, -0.25) is 0 Å². The van der Waals surface area contributed by atoms with Gasteiger partial charge in [0.1, 0.15) is 0 Å². The number of alkyl halides is 1. The number of anilines is 2. The van der Waals surface area contributed by atoms with E-state index in [9.17, 15) is 0 Å². The van der Waals surface area contributed by atoms with Crippen molar-refractivity contribution in [1.29, 1.82) is 0 Å². The lowest BCUT2D eigenvalue weighted by molar-refractivity contribution is 0.530. The van der Waals surface area contributed by atoms with Crippen LogP contribution in [0.15, 0.2) is 60.7 Å². The maximum Gasteiger partial charge on any atom is 0.0963 e. The summed E-state index contributed by atoms with van der Waals surface area (Å²) in [6, 6.07) is 21.5. The molecule has 0 fully saturated rings. The van der Waals surface area contributed by atoms with E-state index in [1.54, 1.807) is 0 Å². The average Bonchev–Trinajstić information content (AvgIpc) is 2.55. The van der Waals surface area contributed by atoms with Crippen molar-refractivity contribution in [1.82, 2.24) is 0 Å². The number of benzene rings is 2. The number of hydrogen-bond donors (Lipinski definition) is 0. The summed E-state index contributed by atoms with van der Waals surface area (Å²) < 4.78 is 0.122. The summed E-state index contributed by atoms with van der Waals surface area (Å²) in [7, 11) is 0. The van der Waals surface area contributed by atoms with Crippen molar-refractivity contribution in [2.45, 2.75) is 43.1 Å². The third-order valence-electron chi connectivity index (χ3n) is 3.88. The zero-order chi connectivity index (χ0) is 15.1. The van der Waals surface area contributed by atoms with Crippen LogP contribution in [0, 0.1) is 0 Å². The van der Waals surface area contributed by atoms with Gasteiger partial charge in [0.25, 0.3) is 0 Å². The Balaban J connectivity index is 2.45. The lowest BCUT2D eigenvalue weighted by Gasteiger charge is -2.41. The Hall–Kier alpha value is -1.03. The van der Waals surface area contributed by atoms with Crippen LogP contribution >= 0.6 is 22.6 Å². The minimum absolute atomic E-state index is 0.122. The molecule has 1 unspecified atom stereocenters. The van der Waals surface area contributed by atoms with E-state index in [1.165, 1.54) is 30.6 Å². The predicted octanol–water partition coefficient (Wildman–Crippen LogP) is 6.56. The summed E-state index contributed by atoms with van der Waals surface area (Å²) in [5, 5.41) is 0.